The second-order valence-electron chi connectivity index (χ2n) is 5.93. The molecule has 2 fully saturated rings. The third-order valence-corrected chi connectivity index (χ3v) is 4.66. The van der Waals surface area contributed by atoms with Gasteiger partial charge < -0.3 is 5.73 Å². The highest BCUT2D eigenvalue weighted by Crippen LogP contribution is 2.53. The van der Waals surface area contributed by atoms with Gasteiger partial charge in [-0.3, -0.25) is 0 Å². The van der Waals surface area contributed by atoms with Crippen LogP contribution in [0, 0.1) is 5.41 Å². The Morgan fingerprint density at radius 3 is 2.25 bits per heavy atom. The standard InChI is InChI=1S/C15H21N/c1-15(9-10-15)14(16)13-7-5-12(6-8-13)11-3-2-4-11/h5-8,11,14H,2-4,9-10,16H2,1H3. The second-order valence-corrected chi connectivity index (χ2v) is 5.93. The van der Waals surface area contributed by atoms with Crippen LogP contribution < -0.4 is 5.73 Å². The van der Waals surface area contributed by atoms with Crippen LogP contribution in [-0.4, -0.2) is 0 Å². The molecule has 2 aliphatic rings. The maximum absolute atomic E-state index is 6.31. The molecule has 2 saturated carbocycles. The Balaban J connectivity index is 1.76. The Kier molecular flexibility index (Phi) is 2.32. The lowest BCUT2D eigenvalue weighted by atomic mass is 9.79. The number of nitrogens with two attached hydrogens (primary N) is 1. The fourth-order valence-corrected chi connectivity index (χ4v) is 2.63. The highest BCUT2D eigenvalue weighted by molar-refractivity contribution is 5.30. The van der Waals surface area contributed by atoms with Gasteiger partial charge >= 0.3 is 0 Å². The minimum atomic E-state index is 0.239. The average molecular weight is 215 g/mol. The lowest BCUT2D eigenvalue weighted by Gasteiger charge is -2.26. The van der Waals surface area contributed by atoms with Crippen LogP contribution in [0.3, 0.4) is 0 Å². The first-order valence-corrected chi connectivity index (χ1v) is 6.54. The lowest BCUT2D eigenvalue weighted by molar-refractivity contribution is 0.419. The molecule has 16 heavy (non-hydrogen) atoms. The largest absolute Gasteiger partial charge is 0.323 e. The Labute approximate surface area is 98.0 Å². The van der Waals surface area contributed by atoms with Crippen molar-refractivity contribution in [2.24, 2.45) is 11.1 Å². The van der Waals surface area contributed by atoms with E-state index in [9.17, 15) is 0 Å². The Hall–Kier alpha value is -0.820. The monoisotopic (exact) mass is 215 g/mol. The molecular weight excluding hydrogens is 194 g/mol. The summed E-state index contributed by atoms with van der Waals surface area (Å²) in [6.45, 7) is 2.30. The van der Waals surface area contributed by atoms with E-state index in [-0.39, 0.29) is 6.04 Å². The van der Waals surface area contributed by atoms with Crippen LogP contribution in [0.15, 0.2) is 24.3 Å². The van der Waals surface area contributed by atoms with Crippen LogP contribution in [0.1, 0.15) is 62.1 Å². The third kappa shape index (κ3) is 1.67. The predicted octanol–water partition coefficient (Wildman–Crippen LogP) is 3.75. The van der Waals surface area contributed by atoms with Crippen molar-refractivity contribution in [3.8, 4) is 0 Å². The fourth-order valence-electron chi connectivity index (χ4n) is 2.63. The van der Waals surface area contributed by atoms with E-state index in [4.69, 9.17) is 5.73 Å². The molecule has 0 bridgehead atoms. The summed E-state index contributed by atoms with van der Waals surface area (Å²) in [7, 11) is 0. The summed E-state index contributed by atoms with van der Waals surface area (Å²) < 4.78 is 0. The summed E-state index contributed by atoms with van der Waals surface area (Å²) in [4.78, 5) is 0. The van der Waals surface area contributed by atoms with Gasteiger partial charge in [0.1, 0.15) is 0 Å². The molecule has 86 valence electrons. The van der Waals surface area contributed by atoms with Crippen LogP contribution in [-0.2, 0) is 0 Å². The third-order valence-electron chi connectivity index (χ3n) is 4.66. The molecule has 0 aliphatic heterocycles. The van der Waals surface area contributed by atoms with Gasteiger partial charge in [-0.15, -0.1) is 0 Å². The lowest BCUT2D eigenvalue weighted by Crippen LogP contribution is -2.20. The van der Waals surface area contributed by atoms with Crippen molar-refractivity contribution in [3.05, 3.63) is 35.4 Å². The van der Waals surface area contributed by atoms with Crippen molar-refractivity contribution in [1.82, 2.24) is 0 Å². The van der Waals surface area contributed by atoms with E-state index in [0.717, 1.165) is 5.92 Å². The number of hydrogen-bond acceptors (Lipinski definition) is 1. The number of hydrogen-bond donors (Lipinski definition) is 1. The molecule has 2 N–H and O–H groups in total. The maximum atomic E-state index is 6.31. The topological polar surface area (TPSA) is 26.0 Å². The first-order chi connectivity index (χ1) is 7.69. The summed E-state index contributed by atoms with van der Waals surface area (Å²) in [5.74, 6) is 0.835. The molecule has 1 atom stereocenters. The summed E-state index contributed by atoms with van der Waals surface area (Å²) >= 11 is 0. The van der Waals surface area contributed by atoms with Crippen molar-refractivity contribution in [1.29, 1.82) is 0 Å². The molecule has 0 saturated heterocycles. The zero-order valence-electron chi connectivity index (χ0n) is 10.1. The zero-order chi connectivity index (χ0) is 11.2. The molecule has 1 aromatic rings. The number of benzene rings is 1. The van der Waals surface area contributed by atoms with E-state index in [1.807, 2.05) is 0 Å². The zero-order valence-corrected chi connectivity index (χ0v) is 10.1. The van der Waals surface area contributed by atoms with Gasteiger partial charge in [0.05, 0.1) is 0 Å². The van der Waals surface area contributed by atoms with E-state index < -0.39 is 0 Å². The quantitative estimate of drug-likeness (QED) is 0.816. The molecule has 0 radical (unpaired) electrons. The smallest absolute Gasteiger partial charge is 0.0349 e. The number of rotatable bonds is 3. The van der Waals surface area contributed by atoms with Crippen molar-refractivity contribution in [3.63, 3.8) is 0 Å². The van der Waals surface area contributed by atoms with Gasteiger partial charge in [-0.25, -0.2) is 0 Å². The van der Waals surface area contributed by atoms with Gasteiger partial charge in [0.2, 0.25) is 0 Å². The molecule has 0 aromatic heterocycles. The molecule has 1 heteroatoms. The Bertz CT molecular complexity index is 371. The van der Waals surface area contributed by atoms with Gasteiger partial charge in [-0.05, 0) is 48.1 Å². The van der Waals surface area contributed by atoms with E-state index in [1.54, 1.807) is 0 Å². The van der Waals surface area contributed by atoms with Crippen LogP contribution >= 0.6 is 0 Å². The molecule has 1 unspecified atom stereocenters. The molecule has 0 spiro atoms. The van der Waals surface area contributed by atoms with Gasteiger partial charge in [-0.2, -0.15) is 0 Å². The van der Waals surface area contributed by atoms with Crippen molar-refractivity contribution >= 4 is 0 Å². The van der Waals surface area contributed by atoms with Crippen molar-refractivity contribution in [2.75, 3.05) is 0 Å². The minimum absolute atomic E-state index is 0.239. The minimum Gasteiger partial charge on any atom is -0.323 e. The van der Waals surface area contributed by atoms with Gasteiger partial charge in [0, 0.05) is 6.04 Å². The molecule has 2 aliphatic carbocycles. The first-order valence-electron chi connectivity index (χ1n) is 6.54. The normalized spacial score (nSPS) is 24.9. The summed E-state index contributed by atoms with van der Waals surface area (Å²) in [5, 5.41) is 0. The fraction of sp³-hybridized carbons (Fsp3) is 0.600. The van der Waals surface area contributed by atoms with Crippen LogP contribution in [0.5, 0.6) is 0 Å². The van der Waals surface area contributed by atoms with Gasteiger partial charge in [0.25, 0.3) is 0 Å². The van der Waals surface area contributed by atoms with Crippen molar-refractivity contribution < 1.29 is 0 Å². The summed E-state index contributed by atoms with van der Waals surface area (Å²) in [5.41, 5.74) is 9.53. The predicted molar refractivity (Wildman–Crippen MR) is 67.3 cm³/mol. The van der Waals surface area contributed by atoms with Crippen LogP contribution in [0.2, 0.25) is 0 Å². The summed E-state index contributed by atoms with van der Waals surface area (Å²) in [6.07, 6.45) is 6.74. The van der Waals surface area contributed by atoms with E-state index >= 15 is 0 Å². The van der Waals surface area contributed by atoms with E-state index in [2.05, 4.69) is 31.2 Å². The average Bonchev–Trinajstić information content (AvgIpc) is 2.96. The Morgan fingerprint density at radius 2 is 1.81 bits per heavy atom. The molecule has 1 aromatic carbocycles. The van der Waals surface area contributed by atoms with E-state index in [1.165, 1.54) is 43.2 Å². The molecule has 1 nitrogen and oxygen atoms in total. The highest BCUT2D eigenvalue weighted by Gasteiger charge is 2.43. The van der Waals surface area contributed by atoms with Gasteiger partial charge in [-0.1, -0.05) is 37.6 Å². The molecule has 3 rings (SSSR count). The van der Waals surface area contributed by atoms with Crippen molar-refractivity contribution in [2.45, 2.75) is 51.0 Å². The SMILES string of the molecule is CC1(C(N)c2ccc(C3CCC3)cc2)CC1. The second kappa shape index (κ2) is 3.59. The van der Waals surface area contributed by atoms with Gasteiger partial charge in [0.15, 0.2) is 0 Å². The highest BCUT2D eigenvalue weighted by atomic mass is 14.7. The van der Waals surface area contributed by atoms with E-state index in [0.29, 0.717) is 5.41 Å². The Morgan fingerprint density at radius 1 is 1.19 bits per heavy atom. The first kappa shape index (κ1) is 10.3. The van der Waals surface area contributed by atoms with Crippen LogP contribution in [0.25, 0.3) is 0 Å². The molecule has 0 heterocycles. The molecule has 0 amide bonds. The maximum Gasteiger partial charge on any atom is 0.0349 e. The summed E-state index contributed by atoms with van der Waals surface area (Å²) in [6, 6.07) is 9.34. The van der Waals surface area contributed by atoms with Crippen LogP contribution in [0.4, 0.5) is 0 Å². The molecular formula is C15H21N.